The van der Waals surface area contributed by atoms with Crippen molar-refractivity contribution in [1.82, 2.24) is 5.32 Å². The number of hydrogen-bond acceptors (Lipinski definition) is 5. The number of amides is 1. The molecule has 0 aromatic heterocycles. The summed E-state index contributed by atoms with van der Waals surface area (Å²) in [6.45, 7) is 2.37. The molecule has 1 amide bonds. The molecule has 0 fully saturated rings. The summed E-state index contributed by atoms with van der Waals surface area (Å²) in [4.78, 5) is 12.9. The zero-order valence-electron chi connectivity index (χ0n) is 17.6. The van der Waals surface area contributed by atoms with Crippen molar-refractivity contribution in [3.8, 4) is 11.5 Å². The lowest BCUT2D eigenvalue weighted by Crippen LogP contribution is -2.51. The zero-order valence-corrected chi connectivity index (χ0v) is 18.4. The van der Waals surface area contributed by atoms with Crippen LogP contribution in [0, 0.1) is 6.92 Å². The molecule has 1 heterocycles. The van der Waals surface area contributed by atoms with Crippen LogP contribution in [0.15, 0.2) is 83.8 Å². The Bertz CT molecular complexity index is 1200. The number of carbonyl (C=O) groups excluding carboxylic acids is 1. The maximum absolute atomic E-state index is 13.3. The van der Waals surface area contributed by atoms with Gasteiger partial charge in [0, 0.05) is 0 Å². The molecule has 4 rings (SSSR count). The van der Waals surface area contributed by atoms with Gasteiger partial charge in [-0.3, -0.25) is 9.10 Å². The summed E-state index contributed by atoms with van der Waals surface area (Å²) in [6, 6.07) is 22.6. The highest BCUT2D eigenvalue weighted by Gasteiger charge is 2.37. The van der Waals surface area contributed by atoms with Gasteiger partial charge in [0.05, 0.1) is 23.7 Å². The maximum Gasteiger partial charge on any atom is 0.264 e. The maximum atomic E-state index is 13.3. The van der Waals surface area contributed by atoms with Crippen molar-refractivity contribution >= 4 is 21.6 Å². The molecule has 8 heteroatoms. The number of para-hydroxylation sites is 3. The molecule has 166 valence electrons. The van der Waals surface area contributed by atoms with E-state index < -0.39 is 22.0 Å². The summed E-state index contributed by atoms with van der Waals surface area (Å²) < 4.78 is 39.3. The normalized spacial score (nSPS) is 15.4. The third-order valence-electron chi connectivity index (χ3n) is 5.11. The Kier molecular flexibility index (Phi) is 6.32. The largest absolute Gasteiger partial charge is 0.491 e. The average molecular weight is 453 g/mol. The predicted molar refractivity (Wildman–Crippen MR) is 122 cm³/mol. The molecule has 1 N–H and O–H groups in total. The van der Waals surface area contributed by atoms with Crippen LogP contribution in [-0.2, 0) is 14.8 Å². The Morgan fingerprint density at radius 3 is 2.50 bits per heavy atom. The van der Waals surface area contributed by atoms with Crippen LogP contribution in [0.4, 0.5) is 5.69 Å². The highest BCUT2D eigenvalue weighted by molar-refractivity contribution is 7.92. The lowest BCUT2D eigenvalue weighted by molar-refractivity contribution is -0.127. The number of nitrogens with one attached hydrogen (secondary N) is 1. The van der Waals surface area contributed by atoms with Crippen LogP contribution in [0.5, 0.6) is 11.5 Å². The van der Waals surface area contributed by atoms with E-state index in [9.17, 15) is 13.2 Å². The zero-order chi connectivity index (χ0) is 22.6. The lowest BCUT2D eigenvalue weighted by atomic mass is 10.2. The van der Waals surface area contributed by atoms with E-state index in [1.807, 2.05) is 31.2 Å². The number of benzene rings is 3. The Morgan fingerprint density at radius 1 is 1.03 bits per heavy atom. The molecule has 0 saturated carbocycles. The van der Waals surface area contributed by atoms with E-state index in [1.165, 1.54) is 16.4 Å². The highest BCUT2D eigenvalue weighted by Crippen LogP contribution is 2.36. The van der Waals surface area contributed by atoms with E-state index in [2.05, 4.69) is 5.32 Å². The van der Waals surface area contributed by atoms with Crippen LogP contribution in [0.2, 0.25) is 0 Å². The fourth-order valence-corrected chi connectivity index (χ4v) is 4.95. The standard InChI is InChI=1S/C24H24N2O5S/c1-18-9-5-7-13-21(18)30-16-15-25-24(27)23-17-26(20-12-6-8-14-22(20)31-23)32(28,29)19-10-3-2-4-11-19/h2-14,23H,15-17H2,1H3,(H,25,27)/t23-/m1/s1. The smallest absolute Gasteiger partial charge is 0.264 e. The molecule has 3 aromatic carbocycles. The van der Waals surface area contributed by atoms with Gasteiger partial charge in [-0.05, 0) is 42.8 Å². The monoisotopic (exact) mass is 452 g/mol. The number of rotatable bonds is 7. The van der Waals surface area contributed by atoms with Gasteiger partial charge in [-0.1, -0.05) is 48.5 Å². The average Bonchev–Trinajstić information content (AvgIpc) is 2.82. The third kappa shape index (κ3) is 4.55. The van der Waals surface area contributed by atoms with Gasteiger partial charge in [0.25, 0.3) is 15.9 Å². The van der Waals surface area contributed by atoms with Crippen LogP contribution in [0.1, 0.15) is 5.56 Å². The number of nitrogens with zero attached hydrogens (tertiary/aromatic N) is 1. The summed E-state index contributed by atoms with van der Waals surface area (Å²) in [5, 5.41) is 2.77. The van der Waals surface area contributed by atoms with E-state index in [0.29, 0.717) is 11.4 Å². The first-order valence-electron chi connectivity index (χ1n) is 10.3. The number of anilines is 1. The lowest BCUT2D eigenvalue weighted by Gasteiger charge is -2.34. The molecule has 0 saturated heterocycles. The quantitative estimate of drug-likeness (QED) is 0.557. The van der Waals surface area contributed by atoms with E-state index in [1.54, 1.807) is 42.5 Å². The van der Waals surface area contributed by atoms with Gasteiger partial charge in [0.1, 0.15) is 18.1 Å². The van der Waals surface area contributed by atoms with Crippen LogP contribution in [-0.4, -0.2) is 40.1 Å². The van der Waals surface area contributed by atoms with Crippen molar-refractivity contribution in [1.29, 1.82) is 0 Å². The first-order valence-corrected chi connectivity index (χ1v) is 11.7. The van der Waals surface area contributed by atoms with Gasteiger partial charge in [0.2, 0.25) is 0 Å². The number of aryl methyl sites for hydroxylation is 1. The molecular formula is C24H24N2O5S. The minimum Gasteiger partial charge on any atom is -0.491 e. The summed E-state index contributed by atoms with van der Waals surface area (Å²) >= 11 is 0. The summed E-state index contributed by atoms with van der Waals surface area (Å²) in [6.07, 6.45) is -0.984. The molecule has 0 radical (unpaired) electrons. The molecule has 0 bridgehead atoms. The summed E-state index contributed by atoms with van der Waals surface area (Å²) in [5.74, 6) is 0.695. The molecule has 7 nitrogen and oxygen atoms in total. The van der Waals surface area contributed by atoms with Crippen LogP contribution >= 0.6 is 0 Å². The molecule has 0 spiro atoms. The van der Waals surface area contributed by atoms with Gasteiger partial charge >= 0.3 is 0 Å². The molecular weight excluding hydrogens is 428 g/mol. The minimum absolute atomic E-state index is 0.126. The van der Waals surface area contributed by atoms with Crippen LogP contribution < -0.4 is 19.1 Å². The minimum atomic E-state index is -3.86. The van der Waals surface area contributed by atoms with Crippen molar-refractivity contribution in [2.45, 2.75) is 17.9 Å². The second kappa shape index (κ2) is 9.32. The second-order valence-corrected chi connectivity index (χ2v) is 9.19. The van der Waals surface area contributed by atoms with Crippen LogP contribution in [0.25, 0.3) is 0 Å². The highest BCUT2D eigenvalue weighted by atomic mass is 32.2. The van der Waals surface area contributed by atoms with Gasteiger partial charge in [-0.2, -0.15) is 0 Å². The number of sulfonamides is 1. The first kappa shape index (κ1) is 21.7. The second-order valence-electron chi connectivity index (χ2n) is 7.33. The van der Waals surface area contributed by atoms with Gasteiger partial charge < -0.3 is 14.8 Å². The van der Waals surface area contributed by atoms with Crippen LogP contribution in [0.3, 0.4) is 0 Å². The van der Waals surface area contributed by atoms with E-state index >= 15 is 0 Å². The molecule has 32 heavy (non-hydrogen) atoms. The molecule has 0 unspecified atom stereocenters. The molecule has 3 aromatic rings. The number of ether oxygens (including phenoxy) is 2. The SMILES string of the molecule is Cc1ccccc1OCCNC(=O)[C@H]1CN(S(=O)(=O)c2ccccc2)c2ccccc2O1. The van der Waals surface area contributed by atoms with Crippen molar-refractivity contribution in [2.75, 3.05) is 24.0 Å². The fraction of sp³-hybridized carbons (Fsp3) is 0.208. The first-order chi connectivity index (χ1) is 15.5. The Morgan fingerprint density at radius 2 is 1.72 bits per heavy atom. The molecule has 0 aliphatic carbocycles. The van der Waals surface area contributed by atoms with E-state index in [0.717, 1.165) is 11.3 Å². The molecule has 1 atom stereocenters. The van der Waals surface area contributed by atoms with Gasteiger partial charge in [-0.25, -0.2) is 8.42 Å². The number of hydrogen-bond donors (Lipinski definition) is 1. The Labute approximate surface area is 187 Å². The predicted octanol–water partition coefficient (Wildman–Crippen LogP) is 3.15. The fourth-order valence-electron chi connectivity index (χ4n) is 3.45. The molecule has 1 aliphatic rings. The Balaban J connectivity index is 1.46. The van der Waals surface area contributed by atoms with Crippen molar-refractivity contribution in [2.24, 2.45) is 0 Å². The van der Waals surface area contributed by atoms with Gasteiger partial charge in [-0.15, -0.1) is 0 Å². The molecule has 1 aliphatic heterocycles. The van der Waals surface area contributed by atoms with Crippen molar-refractivity contribution < 1.29 is 22.7 Å². The number of carbonyl (C=O) groups is 1. The van der Waals surface area contributed by atoms with Crippen molar-refractivity contribution in [3.05, 3.63) is 84.4 Å². The summed E-state index contributed by atoms with van der Waals surface area (Å²) in [5.41, 5.74) is 1.41. The Hall–Kier alpha value is -3.52. The van der Waals surface area contributed by atoms with E-state index in [4.69, 9.17) is 9.47 Å². The third-order valence-corrected chi connectivity index (χ3v) is 6.90. The van der Waals surface area contributed by atoms with E-state index in [-0.39, 0.29) is 24.6 Å². The topological polar surface area (TPSA) is 84.9 Å². The van der Waals surface area contributed by atoms with Crippen molar-refractivity contribution in [3.63, 3.8) is 0 Å². The van der Waals surface area contributed by atoms with Gasteiger partial charge in [0.15, 0.2) is 6.10 Å². The number of fused-ring (bicyclic) bond motifs is 1. The summed E-state index contributed by atoms with van der Waals surface area (Å²) in [7, 11) is -3.86.